The SMILES string of the molecule is CCN(C(=O)c1cc(Br)cc(N)c1C)c1ccc(C)cc1. The van der Waals surface area contributed by atoms with Gasteiger partial charge in [0.05, 0.1) is 0 Å². The first-order valence-corrected chi connectivity index (χ1v) is 7.67. The molecule has 4 heteroatoms. The van der Waals surface area contributed by atoms with Crippen LogP contribution in [0.3, 0.4) is 0 Å². The van der Waals surface area contributed by atoms with Gasteiger partial charge >= 0.3 is 0 Å². The molecule has 0 heterocycles. The first kappa shape index (κ1) is 15.6. The third kappa shape index (κ3) is 3.27. The molecule has 0 atom stereocenters. The Hall–Kier alpha value is -1.81. The fourth-order valence-electron chi connectivity index (χ4n) is 2.24. The molecule has 21 heavy (non-hydrogen) atoms. The second kappa shape index (κ2) is 6.31. The number of nitrogens with zero attached hydrogens (tertiary/aromatic N) is 1. The monoisotopic (exact) mass is 346 g/mol. The number of rotatable bonds is 3. The van der Waals surface area contributed by atoms with Crippen LogP contribution >= 0.6 is 15.9 Å². The first-order valence-electron chi connectivity index (χ1n) is 6.88. The maximum absolute atomic E-state index is 12.8. The number of anilines is 2. The molecule has 2 N–H and O–H groups in total. The Morgan fingerprint density at radius 1 is 1.19 bits per heavy atom. The van der Waals surface area contributed by atoms with E-state index in [4.69, 9.17) is 5.73 Å². The van der Waals surface area contributed by atoms with Crippen molar-refractivity contribution < 1.29 is 4.79 Å². The van der Waals surface area contributed by atoms with E-state index in [0.717, 1.165) is 15.7 Å². The number of hydrogen-bond acceptors (Lipinski definition) is 2. The molecule has 0 saturated carbocycles. The van der Waals surface area contributed by atoms with Gasteiger partial charge < -0.3 is 10.6 Å². The van der Waals surface area contributed by atoms with Crippen molar-refractivity contribution in [3.8, 4) is 0 Å². The molecule has 0 fully saturated rings. The maximum atomic E-state index is 12.8. The van der Waals surface area contributed by atoms with Crippen molar-refractivity contribution in [2.24, 2.45) is 0 Å². The van der Waals surface area contributed by atoms with Gasteiger partial charge in [0.15, 0.2) is 0 Å². The lowest BCUT2D eigenvalue weighted by atomic mass is 10.1. The van der Waals surface area contributed by atoms with Crippen LogP contribution in [0.25, 0.3) is 0 Å². The Labute approximate surface area is 133 Å². The number of amides is 1. The van der Waals surface area contributed by atoms with Gasteiger partial charge in [0.2, 0.25) is 0 Å². The van der Waals surface area contributed by atoms with Gasteiger partial charge in [-0.3, -0.25) is 4.79 Å². The van der Waals surface area contributed by atoms with Crippen molar-refractivity contribution in [2.45, 2.75) is 20.8 Å². The average Bonchev–Trinajstić information content (AvgIpc) is 2.45. The highest BCUT2D eigenvalue weighted by atomic mass is 79.9. The van der Waals surface area contributed by atoms with Crippen LogP contribution in [0.2, 0.25) is 0 Å². The van der Waals surface area contributed by atoms with E-state index in [1.165, 1.54) is 5.56 Å². The van der Waals surface area contributed by atoms with Crippen LogP contribution in [0.1, 0.15) is 28.4 Å². The van der Waals surface area contributed by atoms with Crippen LogP contribution in [-0.2, 0) is 0 Å². The average molecular weight is 347 g/mol. The Morgan fingerprint density at radius 2 is 1.81 bits per heavy atom. The van der Waals surface area contributed by atoms with Gasteiger partial charge in [0.25, 0.3) is 5.91 Å². The highest BCUT2D eigenvalue weighted by Crippen LogP contribution is 2.26. The fraction of sp³-hybridized carbons (Fsp3) is 0.235. The van der Waals surface area contributed by atoms with Gasteiger partial charge in [-0.05, 0) is 50.6 Å². The number of carbonyl (C=O) groups is 1. The summed E-state index contributed by atoms with van der Waals surface area (Å²) >= 11 is 3.40. The van der Waals surface area contributed by atoms with E-state index in [0.29, 0.717) is 17.8 Å². The fourth-order valence-corrected chi connectivity index (χ4v) is 2.71. The van der Waals surface area contributed by atoms with Crippen LogP contribution in [0, 0.1) is 13.8 Å². The number of carbonyl (C=O) groups excluding carboxylic acids is 1. The second-order valence-corrected chi connectivity index (χ2v) is 5.97. The molecule has 110 valence electrons. The summed E-state index contributed by atoms with van der Waals surface area (Å²) in [5.74, 6) is -0.0353. The van der Waals surface area contributed by atoms with Crippen LogP contribution < -0.4 is 10.6 Å². The highest BCUT2D eigenvalue weighted by molar-refractivity contribution is 9.10. The Bertz CT molecular complexity index is 665. The van der Waals surface area contributed by atoms with Gasteiger partial charge in [0.1, 0.15) is 0 Å². The van der Waals surface area contributed by atoms with E-state index in [9.17, 15) is 4.79 Å². The summed E-state index contributed by atoms with van der Waals surface area (Å²) in [5, 5.41) is 0. The molecule has 2 aromatic rings. The molecule has 1 amide bonds. The van der Waals surface area contributed by atoms with Crippen molar-refractivity contribution in [2.75, 3.05) is 17.2 Å². The molecule has 0 spiro atoms. The summed E-state index contributed by atoms with van der Waals surface area (Å²) in [5.41, 5.74) is 10.1. The molecule has 3 nitrogen and oxygen atoms in total. The molecule has 0 radical (unpaired) electrons. The van der Waals surface area contributed by atoms with Crippen molar-refractivity contribution in [3.63, 3.8) is 0 Å². The summed E-state index contributed by atoms with van der Waals surface area (Å²) in [4.78, 5) is 14.6. The van der Waals surface area contributed by atoms with E-state index in [-0.39, 0.29) is 5.91 Å². The second-order valence-electron chi connectivity index (χ2n) is 5.05. The summed E-state index contributed by atoms with van der Waals surface area (Å²) in [7, 11) is 0. The van der Waals surface area contributed by atoms with Gasteiger partial charge in [-0.1, -0.05) is 33.6 Å². The lowest BCUT2D eigenvalue weighted by Crippen LogP contribution is -2.31. The van der Waals surface area contributed by atoms with Crippen molar-refractivity contribution in [1.82, 2.24) is 0 Å². The molecule has 0 aromatic heterocycles. The zero-order chi connectivity index (χ0) is 15.6. The molecule has 0 saturated heterocycles. The maximum Gasteiger partial charge on any atom is 0.258 e. The van der Waals surface area contributed by atoms with Gasteiger partial charge in [-0.15, -0.1) is 0 Å². The number of aryl methyl sites for hydroxylation is 1. The molecule has 0 bridgehead atoms. The third-order valence-corrected chi connectivity index (χ3v) is 4.01. The quantitative estimate of drug-likeness (QED) is 0.841. The molecule has 0 aliphatic rings. The topological polar surface area (TPSA) is 46.3 Å². The molecule has 2 aromatic carbocycles. The van der Waals surface area contributed by atoms with Crippen molar-refractivity contribution in [1.29, 1.82) is 0 Å². The number of hydrogen-bond donors (Lipinski definition) is 1. The molecule has 0 unspecified atom stereocenters. The van der Waals surface area contributed by atoms with E-state index in [2.05, 4.69) is 15.9 Å². The molecule has 2 rings (SSSR count). The van der Waals surface area contributed by atoms with Gasteiger partial charge in [-0.2, -0.15) is 0 Å². The normalized spacial score (nSPS) is 10.5. The molecule has 0 aliphatic carbocycles. The van der Waals surface area contributed by atoms with E-state index in [1.807, 2.05) is 57.2 Å². The highest BCUT2D eigenvalue weighted by Gasteiger charge is 2.19. The number of nitrogens with two attached hydrogens (primary N) is 1. The molecular weight excluding hydrogens is 328 g/mol. The number of halogens is 1. The van der Waals surface area contributed by atoms with E-state index >= 15 is 0 Å². The Balaban J connectivity index is 2.44. The van der Waals surface area contributed by atoms with Crippen LogP contribution in [0.4, 0.5) is 11.4 Å². The minimum atomic E-state index is -0.0353. The Morgan fingerprint density at radius 3 is 2.38 bits per heavy atom. The minimum absolute atomic E-state index is 0.0353. The number of benzene rings is 2. The van der Waals surface area contributed by atoms with E-state index in [1.54, 1.807) is 4.90 Å². The standard InChI is InChI=1S/C17H19BrN2O/c1-4-20(14-7-5-11(2)6-8-14)17(21)15-9-13(18)10-16(19)12(15)3/h5-10H,4,19H2,1-3H3. The lowest BCUT2D eigenvalue weighted by Gasteiger charge is -2.22. The van der Waals surface area contributed by atoms with E-state index < -0.39 is 0 Å². The smallest absolute Gasteiger partial charge is 0.258 e. The summed E-state index contributed by atoms with van der Waals surface area (Å²) in [6.07, 6.45) is 0. The van der Waals surface area contributed by atoms with Crippen LogP contribution in [0.15, 0.2) is 40.9 Å². The molecule has 0 aliphatic heterocycles. The summed E-state index contributed by atoms with van der Waals surface area (Å²) < 4.78 is 0.814. The van der Waals surface area contributed by atoms with Crippen molar-refractivity contribution in [3.05, 3.63) is 57.6 Å². The minimum Gasteiger partial charge on any atom is -0.398 e. The summed E-state index contributed by atoms with van der Waals surface area (Å²) in [6, 6.07) is 11.6. The predicted octanol–water partition coefficient (Wildman–Crippen LogP) is 4.31. The van der Waals surface area contributed by atoms with Crippen LogP contribution in [0.5, 0.6) is 0 Å². The summed E-state index contributed by atoms with van der Waals surface area (Å²) in [6.45, 7) is 6.47. The lowest BCUT2D eigenvalue weighted by molar-refractivity contribution is 0.0987. The molecular formula is C17H19BrN2O. The largest absolute Gasteiger partial charge is 0.398 e. The first-order chi connectivity index (χ1) is 9.93. The Kier molecular flexibility index (Phi) is 4.68. The number of nitrogen functional groups attached to an aromatic ring is 1. The zero-order valence-corrected chi connectivity index (χ0v) is 14.1. The van der Waals surface area contributed by atoms with Crippen molar-refractivity contribution >= 4 is 33.2 Å². The zero-order valence-electron chi connectivity index (χ0n) is 12.5. The van der Waals surface area contributed by atoms with Gasteiger partial charge in [-0.25, -0.2) is 0 Å². The predicted molar refractivity (Wildman–Crippen MR) is 91.8 cm³/mol. The third-order valence-electron chi connectivity index (χ3n) is 3.55. The van der Waals surface area contributed by atoms with Crippen LogP contribution in [-0.4, -0.2) is 12.5 Å². The van der Waals surface area contributed by atoms with Gasteiger partial charge in [0, 0.05) is 28.0 Å².